The first-order chi connectivity index (χ1) is 9.10. The molecule has 10 heteroatoms. The van der Waals surface area contributed by atoms with Crippen molar-refractivity contribution in [3.8, 4) is 0 Å². The van der Waals surface area contributed by atoms with Crippen LogP contribution in [0.25, 0.3) is 0 Å². The van der Waals surface area contributed by atoms with Crippen LogP contribution < -0.4 is 5.32 Å². The van der Waals surface area contributed by atoms with Gasteiger partial charge in [0.05, 0.1) is 0 Å². The zero-order valence-electron chi connectivity index (χ0n) is 11.1. The Morgan fingerprint density at radius 3 is 2.40 bits per heavy atom. The van der Waals surface area contributed by atoms with Crippen molar-refractivity contribution in [1.29, 1.82) is 0 Å². The van der Waals surface area contributed by atoms with Crippen molar-refractivity contribution >= 4 is 25.6 Å². The summed E-state index contributed by atoms with van der Waals surface area (Å²) in [6.45, 7) is -0.643. The molecule has 4 atom stereocenters. The van der Waals surface area contributed by atoms with Gasteiger partial charge in [-0.25, -0.2) is 0 Å². The summed E-state index contributed by atoms with van der Waals surface area (Å²) < 4.78 is 21.5. The van der Waals surface area contributed by atoms with Crippen LogP contribution in [0.5, 0.6) is 0 Å². The van der Waals surface area contributed by atoms with E-state index in [0.29, 0.717) is 0 Å². The SMILES string of the molecule is C[As](C)(=O)CC1OC(OC(=O)NCC(=O)O)C(O)C1O. The van der Waals surface area contributed by atoms with Crippen LogP contribution in [-0.2, 0) is 18.0 Å². The van der Waals surface area contributed by atoms with Gasteiger partial charge in [-0.3, -0.25) is 0 Å². The van der Waals surface area contributed by atoms with E-state index in [4.69, 9.17) is 9.84 Å². The van der Waals surface area contributed by atoms with E-state index in [1.807, 2.05) is 5.32 Å². The molecule has 0 aromatic carbocycles. The average molecular weight is 355 g/mol. The monoisotopic (exact) mass is 355 g/mol. The van der Waals surface area contributed by atoms with E-state index in [1.54, 1.807) is 11.4 Å². The van der Waals surface area contributed by atoms with Crippen molar-refractivity contribution in [2.45, 2.75) is 41.2 Å². The Bertz CT molecular complexity index is 421. The molecule has 1 saturated heterocycles. The molecule has 116 valence electrons. The number of aliphatic hydroxyl groups is 2. The fourth-order valence-electron chi connectivity index (χ4n) is 1.69. The Morgan fingerprint density at radius 2 is 1.90 bits per heavy atom. The third-order valence-electron chi connectivity index (χ3n) is 2.55. The number of hydrogen-bond donors (Lipinski definition) is 4. The van der Waals surface area contributed by atoms with E-state index in [1.165, 1.54) is 0 Å². The first-order valence-electron chi connectivity index (χ1n) is 5.82. The predicted octanol–water partition coefficient (Wildman–Crippen LogP) is -1.12. The second-order valence-electron chi connectivity index (χ2n) is 4.93. The Morgan fingerprint density at radius 1 is 1.30 bits per heavy atom. The Balaban J connectivity index is 2.54. The number of carboxylic acids is 1. The molecule has 0 saturated carbocycles. The Labute approximate surface area is 117 Å². The first kappa shape index (κ1) is 17.0. The van der Waals surface area contributed by atoms with Crippen molar-refractivity contribution in [3.05, 3.63) is 0 Å². The molecule has 1 fully saturated rings. The van der Waals surface area contributed by atoms with Crippen LogP contribution in [0, 0.1) is 0 Å². The number of aliphatic hydroxyl groups excluding tert-OH is 2. The van der Waals surface area contributed by atoms with Gasteiger partial charge in [0, 0.05) is 0 Å². The topological polar surface area (TPSA) is 142 Å². The number of carboxylic acid groups (broad SMARTS) is 1. The fraction of sp³-hybridized carbons (Fsp3) is 0.800. The number of amides is 1. The molecule has 0 bridgehead atoms. The zero-order chi connectivity index (χ0) is 15.5. The quantitative estimate of drug-likeness (QED) is 0.454. The molecular formula is C10H18AsNO8. The van der Waals surface area contributed by atoms with Crippen molar-refractivity contribution in [1.82, 2.24) is 5.32 Å². The van der Waals surface area contributed by atoms with Gasteiger partial charge in [0.15, 0.2) is 0 Å². The molecule has 20 heavy (non-hydrogen) atoms. The molecule has 1 aliphatic heterocycles. The van der Waals surface area contributed by atoms with Gasteiger partial charge < -0.3 is 0 Å². The molecule has 9 nitrogen and oxygen atoms in total. The first-order valence-corrected chi connectivity index (χ1v) is 11.7. The predicted molar refractivity (Wildman–Crippen MR) is 65.8 cm³/mol. The van der Waals surface area contributed by atoms with Crippen LogP contribution in [0.3, 0.4) is 0 Å². The van der Waals surface area contributed by atoms with E-state index < -0.39 is 56.7 Å². The van der Waals surface area contributed by atoms with Crippen LogP contribution in [0.1, 0.15) is 0 Å². The second kappa shape index (κ2) is 6.62. The molecule has 0 aromatic rings. The summed E-state index contributed by atoms with van der Waals surface area (Å²) in [5, 5.41) is 29.8. The van der Waals surface area contributed by atoms with Crippen molar-refractivity contribution < 1.29 is 38.1 Å². The van der Waals surface area contributed by atoms with E-state index in [2.05, 4.69) is 4.74 Å². The van der Waals surface area contributed by atoms with Gasteiger partial charge in [-0.05, 0) is 0 Å². The summed E-state index contributed by atoms with van der Waals surface area (Å²) >= 11 is -3.10. The summed E-state index contributed by atoms with van der Waals surface area (Å²) in [4.78, 5) is 21.5. The van der Waals surface area contributed by atoms with Gasteiger partial charge in [-0.1, -0.05) is 0 Å². The molecule has 1 aliphatic rings. The molecule has 0 aromatic heterocycles. The number of hydrogen-bond acceptors (Lipinski definition) is 7. The van der Waals surface area contributed by atoms with Gasteiger partial charge in [-0.15, -0.1) is 0 Å². The molecule has 4 unspecified atom stereocenters. The summed E-state index contributed by atoms with van der Waals surface area (Å²) in [5.41, 5.74) is 3.13. The fourth-order valence-corrected chi connectivity index (χ4v) is 4.14. The summed E-state index contributed by atoms with van der Waals surface area (Å²) in [6, 6.07) is 0. The number of nitrogens with one attached hydrogen (secondary N) is 1. The molecular weight excluding hydrogens is 337 g/mol. The average Bonchev–Trinajstić information content (AvgIpc) is 2.53. The number of alkyl carbamates (subject to hydrolysis) is 1. The molecule has 0 radical (unpaired) electrons. The minimum atomic E-state index is -3.10. The van der Waals surface area contributed by atoms with Gasteiger partial charge in [0.2, 0.25) is 0 Å². The third kappa shape index (κ3) is 5.16. The van der Waals surface area contributed by atoms with Gasteiger partial charge in [0.1, 0.15) is 0 Å². The standard InChI is InChI=1S/C10H18AsNO8/c1-11(2,18)3-5-7(15)8(16)9(19-5)20-10(17)12-4-6(13)14/h5,7-9,15-16H,3-4H2,1-2H3,(H,12,17)(H,13,14). The number of carbonyl (C=O) groups is 2. The van der Waals surface area contributed by atoms with Crippen molar-refractivity contribution in [3.63, 3.8) is 0 Å². The van der Waals surface area contributed by atoms with Crippen molar-refractivity contribution in [2.24, 2.45) is 0 Å². The Kier molecular flexibility index (Phi) is 5.64. The van der Waals surface area contributed by atoms with E-state index in [0.717, 1.165) is 0 Å². The van der Waals surface area contributed by atoms with Crippen LogP contribution in [0.4, 0.5) is 4.79 Å². The van der Waals surface area contributed by atoms with Crippen LogP contribution in [0.15, 0.2) is 0 Å². The molecule has 1 rings (SSSR count). The Hall–Kier alpha value is -1.02. The summed E-state index contributed by atoms with van der Waals surface area (Å²) in [7, 11) is 0. The maximum atomic E-state index is 11.7. The van der Waals surface area contributed by atoms with E-state index >= 15 is 0 Å². The number of ether oxygens (including phenoxy) is 2. The number of carbonyl (C=O) groups excluding carboxylic acids is 1. The third-order valence-corrected chi connectivity index (χ3v) is 5.15. The molecule has 0 spiro atoms. The van der Waals surface area contributed by atoms with Gasteiger partial charge >= 0.3 is 117 Å². The molecule has 0 aliphatic carbocycles. The minimum absolute atomic E-state index is 0.0904. The van der Waals surface area contributed by atoms with E-state index in [-0.39, 0.29) is 5.21 Å². The van der Waals surface area contributed by atoms with Crippen molar-refractivity contribution in [2.75, 3.05) is 6.54 Å². The van der Waals surface area contributed by atoms with Crippen LogP contribution >= 0.6 is 0 Å². The van der Waals surface area contributed by atoms with Gasteiger partial charge in [0.25, 0.3) is 0 Å². The maximum absolute atomic E-state index is 11.7. The second-order valence-corrected chi connectivity index (χ2v) is 12.3. The molecule has 1 heterocycles. The van der Waals surface area contributed by atoms with Crippen LogP contribution in [-0.4, -0.2) is 72.0 Å². The number of aliphatic carboxylic acids is 1. The summed E-state index contributed by atoms with van der Waals surface area (Å²) in [6.07, 6.45) is -6.20. The van der Waals surface area contributed by atoms with E-state index in [9.17, 15) is 23.5 Å². The van der Waals surface area contributed by atoms with Gasteiger partial charge in [-0.2, -0.15) is 0 Å². The molecule has 4 N–H and O–H groups in total. The normalized spacial score (nSPS) is 30.0. The zero-order valence-corrected chi connectivity index (χ0v) is 12.9. The molecule has 1 amide bonds. The number of rotatable bonds is 5. The summed E-state index contributed by atoms with van der Waals surface area (Å²) in [5.74, 6) is -1.26. The van der Waals surface area contributed by atoms with Crippen LogP contribution in [0.2, 0.25) is 16.6 Å².